The number of halogens is 3. The highest BCUT2D eigenvalue weighted by Gasteiger charge is 2.09. The highest BCUT2D eigenvalue weighted by atomic mass is 127. The molecule has 0 aliphatic carbocycles. The first-order valence-electron chi connectivity index (χ1n) is 7.54. The second-order valence-corrected chi connectivity index (χ2v) is 5.84. The summed E-state index contributed by atoms with van der Waals surface area (Å²) >= 11 is 1.57. The van der Waals surface area contributed by atoms with E-state index in [0.29, 0.717) is 24.6 Å². The molecular weight excluding hydrogens is 461 g/mol. The van der Waals surface area contributed by atoms with Gasteiger partial charge in [0.1, 0.15) is 5.75 Å². The summed E-state index contributed by atoms with van der Waals surface area (Å²) in [6, 6.07) is 6.65. The van der Waals surface area contributed by atoms with Crippen LogP contribution in [0.3, 0.4) is 0 Å². The van der Waals surface area contributed by atoms with Crippen LogP contribution in [0, 0.1) is 6.92 Å². The Bertz CT molecular complexity index is 682. The van der Waals surface area contributed by atoms with Crippen molar-refractivity contribution >= 4 is 41.3 Å². The highest BCUT2D eigenvalue weighted by molar-refractivity contribution is 14.0. The predicted octanol–water partition coefficient (Wildman–Crippen LogP) is 3.93. The number of aryl methyl sites for hydroxylation is 1. The molecule has 5 nitrogen and oxygen atoms in total. The molecule has 0 fully saturated rings. The van der Waals surface area contributed by atoms with Crippen molar-refractivity contribution in [2.45, 2.75) is 33.5 Å². The maximum atomic E-state index is 12.4. The van der Waals surface area contributed by atoms with Gasteiger partial charge >= 0.3 is 6.61 Å². The number of para-hydroxylation sites is 1. The Morgan fingerprint density at radius 1 is 1.32 bits per heavy atom. The Kier molecular flexibility index (Phi) is 9.65. The molecule has 0 spiro atoms. The molecule has 0 saturated carbocycles. The summed E-state index contributed by atoms with van der Waals surface area (Å²) in [7, 11) is 0. The fraction of sp³-hybridized carbons (Fsp3) is 0.375. The standard InChI is InChI=1S/C16H20F2N4OS.HI/c1-3-19-16(21-9-14-11(2)22-10-24-14)20-8-12-6-4-5-7-13(12)23-15(17)18;/h4-7,10,15H,3,8-9H2,1-2H3,(H2,19,20,21);1H. The average molecular weight is 482 g/mol. The van der Waals surface area contributed by atoms with E-state index in [1.807, 2.05) is 13.8 Å². The number of rotatable bonds is 7. The lowest BCUT2D eigenvalue weighted by Gasteiger charge is -2.12. The number of ether oxygens (including phenoxy) is 1. The number of nitrogens with zero attached hydrogens (tertiary/aromatic N) is 2. The normalized spacial score (nSPS) is 11.2. The van der Waals surface area contributed by atoms with Gasteiger partial charge in [-0.3, -0.25) is 0 Å². The second-order valence-electron chi connectivity index (χ2n) is 4.90. The van der Waals surface area contributed by atoms with Crippen molar-refractivity contribution in [1.29, 1.82) is 0 Å². The van der Waals surface area contributed by atoms with Gasteiger partial charge in [0.15, 0.2) is 5.96 Å². The van der Waals surface area contributed by atoms with Crippen molar-refractivity contribution in [2.75, 3.05) is 6.54 Å². The van der Waals surface area contributed by atoms with Crippen LogP contribution in [-0.2, 0) is 13.1 Å². The van der Waals surface area contributed by atoms with Gasteiger partial charge in [-0.05, 0) is 19.9 Å². The van der Waals surface area contributed by atoms with E-state index in [9.17, 15) is 8.78 Å². The number of hydrogen-bond donors (Lipinski definition) is 2. The Hall–Kier alpha value is -1.49. The van der Waals surface area contributed by atoms with E-state index in [-0.39, 0.29) is 36.3 Å². The molecule has 1 aromatic carbocycles. The van der Waals surface area contributed by atoms with Gasteiger partial charge in [-0.1, -0.05) is 18.2 Å². The molecule has 1 aromatic heterocycles. The molecule has 0 radical (unpaired) electrons. The first-order chi connectivity index (χ1) is 11.6. The minimum absolute atomic E-state index is 0. The zero-order valence-corrected chi connectivity index (χ0v) is 17.1. The van der Waals surface area contributed by atoms with Gasteiger partial charge in [0, 0.05) is 17.0 Å². The van der Waals surface area contributed by atoms with Crippen molar-refractivity contribution in [3.63, 3.8) is 0 Å². The lowest BCUT2D eigenvalue weighted by Crippen LogP contribution is -2.36. The number of benzene rings is 1. The van der Waals surface area contributed by atoms with Crippen LogP contribution in [0.5, 0.6) is 5.75 Å². The van der Waals surface area contributed by atoms with Crippen LogP contribution in [0.4, 0.5) is 8.78 Å². The maximum Gasteiger partial charge on any atom is 0.387 e. The number of thiazole rings is 1. The molecule has 0 unspecified atom stereocenters. The van der Waals surface area contributed by atoms with Crippen molar-refractivity contribution in [2.24, 2.45) is 4.99 Å². The molecule has 0 bridgehead atoms. The zero-order chi connectivity index (χ0) is 17.4. The van der Waals surface area contributed by atoms with E-state index in [2.05, 4.69) is 25.3 Å². The van der Waals surface area contributed by atoms with Crippen LogP contribution in [0.15, 0.2) is 34.8 Å². The van der Waals surface area contributed by atoms with E-state index >= 15 is 0 Å². The minimum atomic E-state index is -2.85. The Morgan fingerprint density at radius 3 is 2.72 bits per heavy atom. The van der Waals surface area contributed by atoms with Crippen LogP contribution in [0.2, 0.25) is 0 Å². The number of alkyl halides is 2. The molecule has 1 heterocycles. The van der Waals surface area contributed by atoms with Crippen molar-refractivity contribution < 1.29 is 13.5 Å². The fourth-order valence-electron chi connectivity index (χ4n) is 2.01. The molecule has 0 amide bonds. The number of aromatic nitrogens is 1. The molecular formula is C16H21F2IN4OS. The van der Waals surface area contributed by atoms with Crippen LogP contribution in [-0.4, -0.2) is 24.1 Å². The lowest BCUT2D eigenvalue weighted by atomic mass is 10.2. The molecule has 9 heteroatoms. The molecule has 0 aliphatic rings. The number of nitrogens with one attached hydrogen (secondary N) is 2. The summed E-state index contributed by atoms with van der Waals surface area (Å²) in [4.78, 5) is 9.77. The van der Waals surface area contributed by atoms with Crippen LogP contribution in [0.1, 0.15) is 23.1 Å². The Labute approximate surface area is 166 Å². The van der Waals surface area contributed by atoms with E-state index in [1.165, 1.54) is 6.07 Å². The smallest absolute Gasteiger partial charge is 0.387 e. The van der Waals surface area contributed by atoms with E-state index < -0.39 is 6.61 Å². The lowest BCUT2D eigenvalue weighted by molar-refractivity contribution is -0.0504. The van der Waals surface area contributed by atoms with Gasteiger partial charge in [0.25, 0.3) is 0 Å². The van der Waals surface area contributed by atoms with Crippen LogP contribution < -0.4 is 15.4 Å². The molecule has 25 heavy (non-hydrogen) atoms. The van der Waals surface area contributed by atoms with E-state index in [4.69, 9.17) is 0 Å². The summed E-state index contributed by atoms with van der Waals surface area (Å²) in [5, 5.41) is 6.34. The summed E-state index contributed by atoms with van der Waals surface area (Å²) < 4.78 is 29.4. The summed E-state index contributed by atoms with van der Waals surface area (Å²) in [6.07, 6.45) is 0. The Morgan fingerprint density at radius 2 is 2.08 bits per heavy atom. The molecule has 0 atom stereocenters. The maximum absolute atomic E-state index is 12.4. The van der Waals surface area contributed by atoms with E-state index in [0.717, 1.165) is 10.6 Å². The third-order valence-electron chi connectivity index (χ3n) is 3.20. The zero-order valence-electron chi connectivity index (χ0n) is 14.0. The van der Waals surface area contributed by atoms with Gasteiger partial charge < -0.3 is 15.4 Å². The average Bonchev–Trinajstić information content (AvgIpc) is 2.96. The van der Waals surface area contributed by atoms with Gasteiger partial charge in [0.2, 0.25) is 0 Å². The SMILES string of the molecule is CCNC(=NCc1ccccc1OC(F)F)NCc1scnc1C.I. The van der Waals surface area contributed by atoms with Gasteiger partial charge in [0.05, 0.1) is 24.3 Å². The molecule has 2 rings (SSSR count). The third kappa shape index (κ3) is 7.10. The quantitative estimate of drug-likeness (QED) is 0.357. The number of aliphatic imine (C=N–C) groups is 1. The highest BCUT2D eigenvalue weighted by Crippen LogP contribution is 2.21. The predicted molar refractivity (Wildman–Crippen MR) is 107 cm³/mol. The van der Waals surface area contributed by atoms with Crippen LogP contribution in [0.25, 0.3) is 0 Å². The van der Waals surface area contributed by atoms with Crippen molar-refractivity contribution in [3.05, 3.63) is 45.9 Å². The molecule has 0 aliphatic heterocycles. The molecule has 2 N–H and O–H groups in total. The first-order valence-corrected chi connectivity index (χ1v) is 8.42. The summed E-state index contributed by atoms with van der Waals surface area (Å²) in [5.41, 5.74) is 3.39. The third-order valence-corrected chi connectivity index (χ3v) is 4.14. The fourth-order valence-corrected chi connectivity index (χ4v) is 2.73. The van der Waals surface area contributed by atoms with Gasteiger partial charge in [-0.25, -0.2) is 9.98 Å². The summed E-state index contributed by atoms with van der Waals surface area (Å²) in [6.45, 7) is 2.61. The van der Waals surface area contributed by atoms with Gasteiger partial charge in [-0.2, -0.15) is 8.78 Å². The number of hydrogen-bond acceptors (Lipinski definition) is 4. The van der Waals surface area contributed by atoms with Crippen LogP contribution >= 0.6 is 35.3 Å². The largest absolute Gasteiger partial charge is 0.434 e. The monoisotopic (exact) mass is 482 g/mol. The molecule has 138 valence electrons. The molecule has 0 saturated heterocycles. The first kappa shape index (κ1) is 21.6. The number of guanidine groups is 1. The van der Waals surface area contributed by atoms with E-state index in [1.54, 1.807) is 35.0 Å². The summed E-state index contributed by atoms with van der Waals surface area (Å²) in [5.74, 6) is 0.752. The minimum Gasteiger partial charge on any atom is -0.434 e. The van der Waals surface area contributed by atoms with Crippen molar-refractivity contribution in [1.82, 2.24) is 15.6 Å². The van der Waals surface area contributed by atoms with Crippen molar-refractivity contribution in [3.8, 4) is 5.75 Å². The molecule has 2 aromatic rings. The topological polar surface area (TPSA) is 58.5 Å². The Balaban J connectivity index is 0.00000312. The van der Waals surface area contributed by atoms with Gasteiger partial charge in [-0.15, -0.1) is 35.3 Å². The second kappa shape index (κ2) is 11.2.